The number of benzene rings is 1. The van der Waals surface area contributed by atoms with Crippen molar-refractivity contribution in [2.24, 2.45) is 0 Å². The van der Waals surface area contributed by atoms with Gasteiger partial charge in [-0.25, -0.2) is 0 Å². The topological polar surface area (TPSA) is 43.1 Å². The molecule has 0 aliphatic heterocycles. The molecule has 1 aromatic carbocycles. The van der Waals surface area contributed by atoms with Crippen LogP contribution in [0.2, 0.25) is 0 Å². The second kappa shape index (κ2) is 6.23. The molecule has 106 valence electrons. The van der Waals surface area contributed by atoms with Crippen molar-refractivity contribution < 1.29 is 18.1 Å². The number of hydrogen-bond acceptors (Lipinski definition) is 2. The zero-order valence-corrected chi connectivity index (χ0v) is 11.0. The highest BCUT2D eigenvalue weighted by Gasteiger charge is 2.35. The van der Waals surface area contributed by atoms with Gasteiger partial charge in [0, 0.05) is 17.5 Å². The van der Waals surface area contributed by atoms with Crippen molar-refractivity contribution in [3.63, 3.8) is 0 Å². The van der Waals surface area contributed by atoms with Crippen LogP contribution in [-0.2, 0) is 12.6 Å². The van der Waals surface area contributed by atoms with Crippen LogP contribution in [0.1, 0.15) is 30.9 Å². The molecule has 0 amide bonds. The Morgan fingerprint density at radius 1 is 1.42 bits per heavy atom. The van der Waals surface area contributed by atoms with Crippen molar-refractivity contribution in [1.29, 1.82) is 0 Å². The van der Waals surface area contributed by atoms with E-state index in [1.165, 1.54) is 0 Å². The molecule has 1 aromatic rings. The van der Waals surface area contributed by atoms with Crippen molar-refractivity contribution in [2.45, 2.75) is 37.7 Å². The first kappa shape index (κ1) is 15.8. The number of alkyl halides is 4. The van der Waals surface area contributed by atoms with Gasteiger partial charge in [-0.1, -0.05) is 19.4 Å². The van der Waals surface area contributed by atoms with Gasteiger partial charge in [-0.3, -0.25) is 10.1 Å². The third-order valence-corrected chi connectivity index (χ3v) is 3.03. The number of nitro benzene ring substituents is 1. The van der Waals surface area contributed by atoms with E-state index in [4.69, 9.17) is 11.6 Å². The summed E-state index contributed by atoms with van der Waals surface area (Å²) in [5.74, 6) is 0. The van der Waals surface area contributed by atoms with E-state index in [1.54, 1.807) is 0 Å². The Bertz CT molecular complexity index is 463. The van der Waals surface area contributed by atoms with Crippen LogP contribution in [0.5, 0.6) is 0 Å². The van der Waals surface area contributed by atoms with Gasteiger partial charge in [-0.15, -0.1) is 11.6 Å². The molecule has 3 nitrogen and oxygen atoms in total. The van der Waals surface area contributed by atoms with Crippen LogP contribution in [0.25, 0.3) is 0 Å². The maximum absolute atomic E-state index is 12.9. The highest BCUT2D eigenvalue weighted by atomic mass is 35.5. The highest BCUT2D eigenvalue weighted by molar-refractivity contribution is 6.20. The van der Waals surface area contributed by atoms with E-state index in [-0.39, 0.29) is 12.0 Å². The first-order chi connectivity index (χ1) is 8.75. The second-order valence-electron chi connectivity index (χ2n) is 4.19. The summed E-state index contributed by atoms with van der Waals surface area (Å²) in [7, 11) is 0. The van der Waals surface area contributed by atoms with Crippen molar-refractivity contribution in [3.8, 4) is 0 Å². The van der Waals surface area contributed by atoms with E-state index in [1.807, 2.05) is 6.92 Å². The fraction of sp³-hybridized carbons (Fsp3) is 0.500. The Labute approximate surface area is 113 Å². The number of non-ortho nitro benzene ring substituents is 1. The Kier molecular flexibility index (Phi) is 5.17. The molecule has 0 aliphatic carbocycles. The van der Waals surface area contributed by atoms with Gasteiger partial charge in [0.25, 0.3) is 5.69 Å². The van der Waals surface area contributed by atoms with Crippen LogP contribution in [0, 0.1) is 10.1 Å². The lowest BCUT2D eigenvalue weighted by Crippen LogP contribution is -2.13. The van der Waals surface area contributed by atoms with Crippen LogP contribution in [0.4, 0.5) is 18.9 Å². The number of halogens is 4. The normalized spacial score (nSPS) is 13.3. The maximum atomic E-state index is 12.9. The van der Waals surface area contributed by atoms with Crippen LogP contribution in [0.15, 0.2) is 18.2 Å². The van der Waals surface area contributed by atoms with Crippen LogP contribution >= 0.6 is 11.6 Å². The average Bonchev–Trinajstić information content (AvgIpc) is 2.27. The van der Waals surface area contributed by atoms with Gasteiger partial charge in [0.15, 0.2) is 0 Å². The maximum Gasteiger partial charge on any atom is 0.416 e. The predicted octanol–water partition coefficient (Wildman–Crippen LogP) is 4.56. The lowest BCUT2D eigenvalue weighted by Gasteiger charge is -2.15. The number of nitrogens with zero attached hydrogens (tertiary/aromatic N) is 1. The molecule has 0 aromatic heterocycles. The summed E-state index contributed by atoms with van der Waals surface area (Å²) in [6.45, 7) is 1.88. The van der Waals surface area contributed by atoms with E-state index in [0.29, 0.717) is 12.5 Å². The van der Waals surface area contributed by atoms with Crippen molar-refractivity contribution in [2.75, 3.05) is 0 Å². The third kappa shape index (κ3) is 4.38. The first-order valence-corrected chi connectivity index (χ1v) is 6.18. The lowest BCUT2D eigenvalue weighted by atomic mass is 10.00. The van der Waals surface area contributed by atoms with E-state index in [9.17, 15) is 23.3 Å². The molecule has 19 heavy (non-hydrogen) atoms. The van der Waals surface area contributed by atoms with Gasteiger partial charge < -0.3 is 0 Å². The van der Waals surface area contributed by atoms with E-state index in [2.05, 4.69) is 0 Å². The molecule has 0 radical (unpaired) electrons. The molecule has 0 saturated carbocycles. The van der Waals surface area contributed by atoms with Crippen LogP contribution in [0.3, 0.4) is 0 Å². The summed E-state index contributed by atoms with van der Waals surface area (Å²) in [5.41, 5.74) is -1.56. The molecule has 1 atom stereocenters. The Morgan fingerprint density at radius 2 is 2.05 bits per heavy atom. The van der Waals surface area contributed by atoms with E-state index >= 15 is 0 Å². The second-order valence-corrected chi connectivity index (χ2v) is 4.80. The predicted molar refractivity (Wildman–Crippen MR) is 66.4 cm³/mol. The molecule has 0 fully saturated rings. The zero-order chi connectivity index (χ0) is 14.6. The van der Waals surface area contributed by atoms with Crippen LogP contribution < -0.4 is 0 Å². The minimum atomic E-state index is -4.62. The molecular formula is C12H13ClF3NO2. The zero-order valence-electron chi connectivity index (χ0n) is 10.2. The Hall–Kier alpha value is -1.30. The standard InChI is InChI=1S/C12H13ClF3NO2/c1-2-3-9(13)6-8-4-5-10(17(18)19)7-11(8)12(14,15)16/h4-5,7,9H,2-3,6H2,1H3. The summed E-state index contributed by atoms with van der Waals surface area (Å²) in [6.07, 6.45) is -3.22. The quantitative estimate of drug-likeness (QED) is 0.454. The smallest absolute Gasteiger partial charge is 0.258 e. The number of nitro groups is 1. The fourth-order valence-corrected chi connectivity index (χ4v) is 2.16. The van der Waals surface area contributed by atoms with Gasteiger partial charge >= 0.3 is 6.18 Å². The molecule has 1 rings (SSSR count). The van der Waals surface area contributed by atoms with Gasteiger partial charge in [0.2, 0.25) is 0 Å². The third-order valence-electron chi connectivity index (χ3n) is 2.65. The molecular weight excluding hydrogens is 283 g/mol. The lowest BCUT2D eigenvalue weighted by molar-refractivity contribution is -0.385. The summed E-state index contributed by atoms with van der Waals surface area (Å²) in [6, 6.07) is 2.76. The molecule has 0 aliphatic rings. The van der Waals surface area contributed by atoms with Crippen molar-refractivity contribution >= 4 is 17.3 Å². The molecule has 0 heterocycles. The summed E-state index contributed by atoms with van der Waals surface area (Å²) < 4.78 is 38.6. The van der Waals surface area contributed by atoms with Crippen molar-refractivity contribution in [3.05, 3.63) is 39.4 Å². The monoisotopic (exact) mass is 295 g/mol. The van der Waals surface area contributed by atoms with Gasteiger partial charge in [0.1, 0.15) is 0 Å². The van der Waals surface area contributed by atoms with Crippen molar-refractivity contribution in [1.82, 2.24) is 0 Å². The van der Waals surface area contributed by atoms with Gasteiger partial charge in [-0.05, 0) is 18.4 Å². The Balaban J connectivity index is 3.13. The largest absolute Gasteiger partial charge is 0.416 e. The molecule has 1 unspecified atom stereocenters. The first-order valence-electron chi connectivity index (χ1n) is 5.74. The van der Waals surface area contributed by atoms with Gasteiger partial charge in [0.05, 0.1) is 10.5 Å². The Morgan fingerprint density at radius 3 is 2.53 bits per heavy atom. The molecule has 0 bridgehead atoms. The van der Waals surface area contributed by atoms with Crippen LogP contribution in [-0.4, -0.2) is 10.3 Å². The molecule has 0 saturated heterocycles. The molecule has 0 N–H and O–H groups in total. The van der Waals surface area contributed by atoms with E-state index < -0.39 is 27.7 Å². The number of rotatable bonds is 5. The van der Waals surface area contributed by atoms with E-state index in [0.717, 1.165) is 18.6 Å². The number of hydrogen-bond donors (Lipinski definition) is 0. The highest BCUT2D eigenvalue weighted by Crippen LogP contribution is 2.35. The summed E-state index contributed by atoms with van der Waals surface area (Å²) in [4.78, 5) is 9.68. The van der Waals surface area contributed by atoms with Gasteiger partial charge in [-0.2, -0.15) is 13.2 Å². The summed E-state index contributed by atoms with van der Waals surface area (Å²) >= 11 is 5.94. The fourth-order valence-electron chi connectivity index (χ4n) is 1.77. The SMILES string of the molecule is CCCC(Cl)Cc1ccc([N+](=O)[O-])cc1C(F)(F)F. The minimum Gasteiger partial charge on any atom is -0.258 e. The molecule has 7 heteroatoms. The molecule has 0 spiro atoms. The average molecular weight is 296 g/mol. The minimum absolute atomic E-state index is 0.00782. The summed E-state index contributed by atoms with van der Waals surface area (Å²) in [5, 5.41) is 10.1.